The zero-order valence-corrected chi connectivity index (χ0v) is 18.5. The number of methoxy groups -OCH3 is 1. The summed E-state index contributed by atoms with van der Waals surface area (Å²) in [5, 5.41) is 11.4. The molecule has 2 amide bonds. The Morgan fingerprint density at radius 1 is 1.19 bits per heavy atom. The summed E-state index contributed by atoms with van der Waals surface area (Å²) in [4.78, 5) is 28.0. The van der Waals surface area contributed by atoms with Crippen LogP contribution in [-0.2, 0) is 16.1 Å². The number of benzene rings is 1. The highest BCUT2D eigenvalue weighted by Crippen LogP contribution is 2.37. The Balaban J connectivity index is 1.57. The van der Waals surface area contributed by atoms with Crippen molar-refractivity contribution in [2.75, 3.05) is 13.7 Å². The molecule has 168 valence electrons. The van der Waals surface area contributed by atoms with Gasteiger partial charge in [-0.1, -0.05) is 31.5 Å². The van der Waals surface area contributed by atoms with Crippen LogP contribution in [0.4, 0.5) is 0 Å². The Bertz CT molecular complexity index is 1080. The number of hydrogen-bond donors (Lipinski definition) is 1. The predicted molar refractivity (Wildman–Crippen MR) is 120 cm³/mol. The molecule has 3 aromatic rings. The van der Waals surface area contributed by atoms with E-state index in [1.165, 1.54) is 0 Å². The van der Waals surface area contributed by atoms with Crippen molar-refractivity contribution in [1.82, 2.24) is 24.8 Å². The molecule has 0 spiro atoms. The van der Waals surface area contributed by atoms with Crippen LogP contribution < -0.4 is 10.1 Å². The lowest BCUT2D eigenvalue weighted by molar-refractivity contribution is -0.143. The molecule has 8 heteroatoms. The second kappa shape index (κ2) is 9.80. The fraction of sp³-hybridized carbons (Fsp3) is 0.417. The van der Waals surface area contributed by atoms with Gasteiger partial charge in [0.1, 0.15) is 5.75 Å². The number of pyridine rings is 1. The van der Waals surface area contributed by atoms with E-state index in [1.807, 2.05) is 58.0 Å². The van der Waals surface area contributed by atoms with Crippen LogP contribution in [0.3, 0.4) is 0 Å². The number of carbonyl (C=O) groups excluding carboxylic acids is 2. The first-order valence-corrected chi connectivity index (χ1v) is 11.1. The van der Waals surface area contributed by atoms with Gasteiger partial charge in [-0.25, -0.2) is 0 Å². The van der Waals surface area contributed by atoms with Crippen molar-refractivity contribution in [1.29, 1.82) is 0 Å². The number of ether oxygens (including phenoxy) is 1. The quantitative estimate of drug-likeness (QED) is 0.587. The molecule has 2 unspecified atom stereocenters. The Hall–Kier alpha value is -3.42. The van der Waals surface area contributed by atoms with Gasteiger partial charge in [-0.05, 0) is 42.7 Å². The molecule has 8 nitrogen and oxygen atoms in total. The summed E-state index contributed by atoms with van der Waals surface area (Å²) in [6.45, 7) is 3.02. The molecule has 4 rings (SSSR count). The van der Waals surface area contributed by atoms with E-state index in [4.69, 9.17) is 4.74 Å². The maximum atomic E-state index is 13.3. The second-order valence-corrected chi connectivity index (χ2v) is 8.07. The monoisotopic (exact) mass is 435 g/mol. The van der Waals surface area contributed by atoms with Crippen LogP contribution in [0.15, 0.2) is 48.7 Å². The van der Waals surface area contributed by atoms with Gasteiger partial charge in [0.25, 0.3) is 0 Å². The van der Waals surface area contributed by atoms with Gasteiger partial charge in [0.2, 0.25) is 11.8 Å². The van der Waals surface area contributed by atoms with E-state index in [9.17, 15) is 9.59 Å². The maximum Gasteiger partial charge on any atom is 0.225 e. The van der Waals surface area contributed by atoms with Crippen molar-refractivity contribution in [2.24, 2.45) is 5.92 Å². The fourth-order valence-corrected chi connectivity index (χ4v) is 4.34. The van der Waals surface area contributed by atoms with Crippen molar-refractivity contribution in [2.45, 2.75) is 45.2 Å². The Morgan fingerprint density at radius 3 is 2.75 bits per heavy atom. The number of fused-ring (bicyclic) bond motifs is 1. The molecular weight excluding hydrogens is 406 g/mol. The third-order valence-corrected chi connectivity index (χ3v) is 6.06. The summed E-state index contributed by atoms with van der Waals surface area (Å²) in [6, 6.07) is 13.0. The lowest BCUT2D eigenvalue weighted by Gasteiger charge is -2.41. The third-order valence-electron chi connectivity index (χ3n) is 6.06. The molecule has 0 radical (unpaired) electrons. The topological polar surface area (TPSA) is 88.8 Å². The third kappa shape index (κ3) is 4.44. The van der Waals surface area contributed by atoms with Crippen molar-refractivity contribution < 1.29 is 14.3 Å². The summed E-state index contributed by atoms with van der Waals surface area (Å²) in [5.41, 5.74) is 1.69. The first-order valence-electron chi connectivity index (χ1n) is 11.1. The number of aromatic nitrogens is 3. The van der Waals surface area contributed by atoms with E-state index < -0.39 is 0 Å². The van der Waals surface area contributed by atoms with Crippen LogP contribution in [0, 0.1) is 5.92 Å². The molecule has 1 fully saturated rings. The van der Waals surface area contributed by atoms with Crippen LogP contribution in [0.1, 0.15) is 50.0 Å². The summed E-state index contributed by atoms with van der Waals surface area (Å²) >= 11 is 0. The highest BCUT2D eigenvalue weighted by atomic mass is 16.5. The zero-order chi connectivity index (χ0) is 22.5. The van der Waals surface area contributed by atoms with Crippen LogP contribution >= 0.6 is 0 Å². The van der Waals surface area contributed by atoms with Gasteiger partial charge in [0, 0.05) is 19.2 Å². The van der Waals surface area contributed by atoms with E-state index in [2.05, 4.69) is 22.4 Å². The molecule has 2 aromatic heterocycles. The number of rotatable bonds is 8. The minimum Gasteiger partial charge on any atom is -0.497 e. The van der Waals surface area contributed by atoms with E-state index in [1.54, 1.807) is 7.11 Å². The summed E-state index contributed by atoms with van der Waals surface area (Å²) in [7, 11) is 1.62. The van der Waals surface area contributed by atoms with Gasteiger partial charge >= 0.3 is 0 Å². The average molecular weight is 436 g/mol. The summed E-state index contributed by atoms with van der Waals surface area (Å²) in [6.07, 6.45) is 4.66. The van der Waals surface area contributed by atoms with Crippen molar-refractivity contribution in [3.05, 3.63) is 60.0 Å². The van der Waals surface area contributed by atoms with Gasteiger partial charge in [-0.3, -0.25) is 14.0 Å². The highest BCUT2D eigenvalue weighted by Gasteiger charge is 2.40. The largest absolute Gasteiger partial charge is 0.497 e. The van der Waals surface area contributed by atoms with E-state index in [0.29, 0.717) is 25.2 Å². The molecule has 32 heavy (non-hydrogen) atoms. The molecular formula is C24H29N5O3. The maximum absolute atomic E-state index is 13.3. The molecule has 1 aliphatic heterocycles. The lowest BCUT2D eigenvalue weighted by Crippen LogP contribution is -2.48. The van der Waals surface area contributed by atoms with Crippen LogP contribution in [0.25, 0.3) is 5.65 Å². The normalized spacial score (nSPS) is 18.7. The van der Waals surface area contributed by atoms with E-state index in [-0.39, 0.29) is 30.3 Å². The molecule has 0 saturated carbocycles. The second-order valence-electron chi connectivity index (χ2n) is 8.07. The standard InChI is InChI=1S/C24H29N5O3/c1-3-4-14-29-22(30)13-12-19(23(29)17-8-10-18(32-2)11-9-17)24(31)25-16-21-27-26-20-7-5-6-15-28(20)21/h5-11,15,19,23H,3-4,12-14,16H2,1-2H3,(H,25,31). The molecule has 0 aliphatic carbocycles. The number of likely N-dealkylation sites (tertiary alicyclic amines) is 1. The van der Waals surface area contributed by atoms with Crippen LogP contribution in [0.2, 0.25) is 0 Å². The number of carbonyl (C=O) groups is 2. The van der Waals surface area contributed by atoms with Crippen LogP contribution in [-0.4, -0.2) is 45.0 Å². The van der Waals surface area contributed by atoms with Crippen molar-refractivity contribution in [3.63, 3.8) is 0 Å². The number of hydrogen-bond acceptors (Lipinski definition) is 5. The molecule has 3 heterocycles. The number of unbranched alkanes of at least 4 members (excludes halogenated alkanes) is 1. The van der Waals surface area contributed by atoms with Crippen molar-refractivity contribution >= 4 is 17.5 Å². The smallest absolute Gasteiger partial charge is 0.225 e. The van der Waals surface area contributed by atoms with E-state index in [0.717, 1.165) is 29.8 Å². The highest BCUT2D eigenvalue weighted by molar-refractivity contribution is 5.85. The molecule has 1 N–H and O–H groups in total. The number of nitrogens with zero attached hydrogens (tertiary/aromatic N) is 4. The number of nitrogens with one attached hydrogen (secondary N) is 1. The van der Waals surface area contributed by atoms with Gasteiger partial charge in [0.05, 0.1) is 25.6 Å². The minimum absolute atomic E-state index is 0.0764. The summed E-state index contributed by atoms with van der Waals surface area (Å²) in [5.74, 6) is 1.11. The molecule has 1 aromatic carbocycles. The average Bonchev–Trinajstić information content (AvgIpc) is 3.25. The Labute approximate surface area is 187 Å². The zero-order valence-electron chi connectivity index (χ0n) is 18.5. The number of amides is 2. The first-order chi connectivity index (χ1) is 15.6. The van der Waals surface area contributed by atoms with Gasteiger partial charge in [0.15, 0.2) is 11.5 Å². The fourth-order valence-electron chi connectivity index (χ4n) is 4.34. The molecule has 1 aliphatic rings. The lowest BCUT2D eigenvalue weighted by atomic mass is 9.83. The van der Waals surface area contributed by atoms with Crippen LogP contribution in [0.5, 0.6) is 5.75 Å². The Kier molecular flexibility index (Phi) is 6.68. The predicted octanol–water partition coefficient (Wildman–Crippen LogP) is 3.13. The molecule has 2 atom stereocenters. The molecule has 1 saturated heterocycles. The first kappa shape index (κ1) is 21.8. The van der Waals surface area contributed by atoms with Gasteiger partial charge in [-0.2, -0.15) is 0 Å². The SMILES string of the molecule is CCCCN1C(=O)CCC(C(=O)NCc2nnc3ccccn23)C1c1ccc(OC)cc1. The Morgan fingerprint density at radius 2 is 2.00 bits per heavy atom. The van der Waals surface area contributed by atoms with Gasteiger partial charge in [-0.15, -0.1) is 10.2 Å². The summed E-state index contributed by atoms with van der Waals surface area (Å²) < 4.78 is 7.14. The molecule has 0 bridgehead atoms. The van der Waals surface area contributed by atoms with Crippen molar-refractivity contribution in [3.8, 4) is 5.75 Å². The number of piperidine rings is 1. The minimum atomic E-state index is -0.336. The van der Waals surface area contributed by atoms with Gasteiger partial charge < -0.3 is 15.0 Å². The van der Waals surface area contributed by atoms with E-state index >= 15 is 0 Å².